The van der Waals surface area contributed by atoms with E-state index in [0.29, 0.717) is 9.13 Å². The number of rotatable bonds is 1. The number of nitriles is 1. The van der Waals surface area contributed by atoms with Crippen LogP contribution in [0.25, 0.3) is 0 Å². The highest BCUT2D eigenvalue weighted by molar-refractivity contribution is 14.1. The molecule has 0 fully saturated rings. The lowest BCUT2D eigenvalue weighted by Gasteiger charge is -2.02. The smallest absolute Gasteiger partial charge is 0.160 e. The van der Waals surface area contributed by atoms with Crippen LogP contribution < -0.4 is 0 Å². The van der Waals surface area contributed by atoms with E-state index in [1.807, 2.05) is 0 Å². The number of carbonyl (C=O) groups is 1. The number of hydrogen-bond donors (Lipinski definition) is 0. The SMILES string of the molecule is CC(=O)c1ccc(F)c(C#N)c1I. The van der Waals surface area contributed by atoms with Crippen molar-refractivity contribution in [3.63, 3.8) is 0 Å². The molecule has 0 amide bonds. The standard InChI is InChI=1S/C9H5FINO/c1-5(13)6-2-3-8(10)7(4-12)9(6)11/h2-3H,1H3. The zero-order chi connectivity index (χ0) is 10.0. The van der Waals surface area contributed by atoms with E-state index in [1.54, 1.807) is 28.7 Å². The number of carbonyl (C=O) groups excluding carboxylic acids is 1. The number of hydrogen-bond acceptors (Lipinski definition) is 2. The second kappa shape index (κ2) is 3.83. The van der Waals surface area contributed by atoms with Gasteiger partial charge in [-0.1, -0.05) is 0 Å². The summed E-state index contributed by atoms with van der Waals surface area (Å²) in [5, 5.41) is 8.60. The Morgan fingerprint density at radius 2 is 2.23 bits per heavy atom. The average molecular weight is 289 g/mol. The van der Waals surface area contributed by atoms with Gasteiger partial charge in [-0.05, 0) is 41.6 Å². The van der Waals surface area contributed by atoms with Gasteiger partial charge in [0.15, 0.2) is 5.78 Å². The van der Waals surface area contributed by atoms with Crippen LogP contribution in [0, 0.1) is 20.7 Å². The summed E-state index contributed by atoms with van der Waals surface area (Å²) in [6.07, 6.45) is 0. The highest BCUT2D eigenvalue weighted by Crippen LogP contribution is 2.20. The van der Waals surface area contributed by atoms with Crippen molar-refractivity contribution in [3.8, 4) is 6.07 Å². The van der Waals surface area contributed by atoms with Crippen LogP contribution >= 0.6 is 22.6 Å². The largest absolute Gasteiger partial charge is 0.294 e. The first-order valence-corrected chi connectivity index (χ1v) is 4.55. The van der Waals surface area contributed by atoms with Gasteiger partial charge in [0.2, 0.25) is 0 Å². The van der Waals surface area contributed by atoms with E-state index in [0.717, 1.165) is 6.07 Å². The fourth-order valence-electron chi connectivity index (χ4n) is 0.927. The van der Waals surface area contributed by atoms with Crippen LogP contribution in [0.4, 0.5) is 4.39 Å². The Kier molecular flexibility index (Phi) is 2.98. The molecule has 0 unspecified atom stereocenters. The molecule has 1 rings (SSSR count). The fourth-order valence-corrected chi connectivity index (χ4v) is 1.86. The zero-order valence-corrected chi connectivity index (χ0v) is 8.92. The van der Waals surface area contributed by atoms with Gasteiger partial charge in [-0.2, -0.15) is 5.26 Å². The molecule has 0 N–H and O–H groups in total. The second-order valence-corrected chi connectivity index (χ2v) is 3.53. The topological polar surface area (TPSA) is 40.9 Å². The van der Waals surface area contributed by atoms with Gasteiger partial charge >= 0.3 is 0 Å². The molecular weight excluding hydrogens is 284 g/mol. The van der Waals surface area contributed by atoms with Crippen LogP contribution in [-0.2, 0) is 0 Å². The molecular formula is C9H5FINO. The highest BCUT2D eigenvalue weighted by Gasteiger charge is 2.13. The molecule has 0 aliphatic heterocycles. The van der Waals surface area contributed by atoms with Gasteiger partial charge in [0.05, 0.1) is 0 Å². The molecule has 0 aliphatic rings. The molecule has 2 nitrogen and oxygen atoms in total. The normalized spacial score (nSPS) is 9.38. The number of Topliss-reactive ketones (excluding diaryl/α,β-unsaturated/α-hetero) is 1. The summed E-state index contributed by atoms with van der Waals surface area (Å²) in [6, 6.07) is 4.25. The third kappa shape index (κ3) is 1.86. The van der Waals surface area contributed by atoms with Crippen LogP contribution in [-0.4, -0.2) is 5.78 Å². The quantitative estimate of drug-likeness (QED) is 0.588. The Morgan fingerprint density at radius 1 is 1.62 bits per heavy atom. The predicted octanol–water partition coefficient (Wildman–Crippen LogP) is 2.50. The van der Waals surface area contributed by atoms with Crippen molar-refractivity contribution >= 4 is 28.4 Å². The lowest BCUT2D eigenvalue weighted by molar-refractivity contribution is 0.101. The van der Waals surface area contributed by atoms with Crippen LogP contribution in [0.3, 0.4) is 0 Å². The van der Waals surface area contributed by atoms with Crippen molar-refractivity contribution in [1.82, 2.24) is 0 Å². The molecule has 1 aromatic rings. The maximum atomic E-state index is 13.0. The van der Waals surface area contributed by atoms with Gasteiger partial charge in [-0.25, -0.2) is 4.39 Å². The van der Waals surface area contributed by atoms with Crippen molar-refractivity contribution in [3.05, 3.63) is 32.6 Å². The van der Waals surface area contributed by atoms with Gasteiger partial charge in [-0.3, -0.25) is 4.79 Å². The van der Waals surface area contributed by atoms with Gasteiger partial charge in [0.1, 0.15) is 17.4 Å². The molecule has 0 heterocycles. The number of halogens is 2. The van der Waals surface area contributed by atoms with Crippen LogP contribution in [0.15, 0.2) is 12.1 Å². The lowest BCUT2D eigenvalue weighted by atomic mass is 10.1. The first-order valence-electron chi connectivity index (χ1n) is 3.47. The summed E-state index contributed by atoms with van der Waals surface area (Å²) >= 11 is 1.80. The Balaban J connectivity index is 3.47. The van der Waals surface area contributed by atoms with E-state index in [-0.39, 0.29) is 11.3 Å². The number of ketones is 1. The fraction of sp³-hybridized carbons (Fsp3) is 0.111. The summed E-state index contributed by atoms with van der Waals surface area (Å²) in [5.74, 6) is -0.752. The third-order valence-corrected chi connectivity index (χ3v) is 2.70. The molecule has 1 aromatic carbocycles. The minimum atomic E-state index is -0.586. The van der Waals surface area contributed by atoms with Gasteiger partial charge in [0, 0.05) is 9.13 Å². The Labute approximate surface area is 88.5 Å². The van der Waals surface area contributed by atoms with E-state index in [9.17, 15) is 9.18 Å². The monoisotopic (exact) mass is 289 g/mol. The first kappa shape index (κ1) is 10.1. The van der Waals surface area contributed by atoms with E-state index >= 15 is 0 Å². The Hall–Kier alpha value is -0.960. The van der Waals surface area contributed by atoms with E-state index < -0.39 is 5.82 Å². The molecule has 0 bridgehead atoms. The molecule has 0 saturated heterocycles. The van der Waals surface area contributed by atoms with E-state index in [2.05, 4.69) is 0 Å². The van der Waals surface area contributed by atoms with Crippen molar-refractivity contribution < 1.29 is 9.18 Å². The van der Waals surface area contributed by atoms with Gasteiger partial charge < -0.3 is 0 Å². The van der Waals surface area contributed by atoms with Crippen molar-refractivity contribution in [2.75, 3.05) is 0 Å². The highest BCUT2D eigenvalue weighted by atomic mass is 127. The van der Waals surface area contributed by atoms with Gasteiger partial charge in [-0.15, -0.1) is 0 Å². The minimum absolute atomic E-state index is 0.0618. The number of benzene rings is 1. The Bertz CT molecular complexity index is 409. The molecule has 0 saturated carbocycles. The molecule has 0 aliphatic carbocycles. The number of nitrogens with zero attached hydrogens (tertiary/aromatic N) is 1. The molecule has 4 heteroatoms. The lowest BCUT2D eigenvalue weighted by Crippen LogP contribution is -2.00. The van der Waals surface area contributed by atoms with Crippen molar-refractivity contribution in [1.29, 1.82) is 5.26 Å². The molecule has 13 heavy (non-hydrogen) atoms. The summed E-state index contributed by atoms with van der Waals surface area (Å²) in [7, 11) is 0. The van der Waals surface area contributed by atoms with E-state index in [4.69, 9.17) is 5.26 Å². The molecule has 66 valence electrons. The Morgan fingerprint density at radius 3 is 2.69 bits per heavy atom. The molecule has 0 atom stereocenters. The zero-order valence-electron chi connectivity index (χ0n) is 6.77. The van der Waals surface area contributed by atoms with Gasteiger partial charge in [0.25, 0.3) is 0 Å². The summed E-state index contributed by atoms with van der Waals surface area (Å²) < 4.78 is 13.3. The van der Waals surface area contributed by atoms with E-state index in [1.165, 1.54) is 13.0 Å². The molecule has 0 aromatic heterocycles. The average Bonchev–Trinajstić information content (AvgIpc) is 2.04. The van der Waals surface area contributed by atoms with Crippen molar-refractivity contribution in [2.24, 2.45) is 0 Å². The summed E-state index contributed by atoms with van der Waals surface area (Å²) in [5.41, 5.74) is 0.326. The van der Waals surface area contributed by atoms with Crippen LogP contribution in [0.5, 0.6) is 0 Å². The third-order valence-electron chi connectivity index (χ3n) is 1.58. The summed E-state index contributed by atoms with van der Waals surface area (Å²) in [4.78, 5) is 11.0. The first-order chi connectivity index (χ1) is 6.07. The van der Waals surface area contributed by atoms with Crippen LogP contribution in [0.1, 0.15) is 22.8 Å². The minimum Gasteiger partial charge on any atom is -0.294 e. The van der Waals surface area contributed by atoms with Crippen molar-refractivity contribution in [2.45, 2.75) is 6.92 Å². The van der Waals surface area contributed by atoms with Crippen LogP contribution in [0.2, 0.25) is 0 Å². The molecule has 0 radical (unpaired) electrons. The molecule has 0 spiro atoms. The second-order valence-electron chi connectivity index (χ2n) is 2.45. The maximum absolute atomic E-state index is 13.0. The maximum Gasteiger partial charge on any atom is 0.160 e. The summed E-state index contributed by atoms with van der Waals surface area (Å²) in [6.45, 7) is 1.39. The predicted molar refractivity (Wildman–Crippen MR) is 53.8 cm³/mol.